The standard InChI is InChI=1S/C13H20N2O2/c1-15(10-13(16)17-2)12(8-9-14)11-6-4-3-5-7-11/h3-7,12H,8-10,14H2,1-2H3. The molecule has 0 aliphatic rings. The highest BCUT2D eigenvalue weighted by molar-refractivity contribution is 5.71. The highest BCUT2D eigenvalue weighted by atomic mass is 16.5. The fourth-order valence-corrected chi connectivity index (χ4v) is 1.85. The number of hydrogen-bond donors (Lipinski definition) is 1. The van der Waals surface area contributed by atoms with E-state index >= 15 is 0 Å². The summed E-state index contributed by atoms with van der Waals surface area (Å²) in [5, 5.41) is 0. The van der Waals surface area contributed by atoms with Gasteiger partial charge in [-0.25, -0.2) is 0 Å². The lowest BCUT2D eigenvalue weighted by Crippen LogP contribution is -2.32. The van der Waals surface area contributed by atoms with Gasteiger partial charge in [0.1, 0.15) is 0 Å². The number of likely N-dealkylation sites (N-methyl/N-ethyl adjacent to an activating group) is 1. The molecule has 0 spiro atoms. The summed E-state index contributed by atoms with van der Waals surface area (Å²) in [5.74, 6) is -0.231. The third kappa shape index (κ3) is 4.17. The molecular formula is C13H20N2O2. The Hall–Kier alpha value is -1.39. The van der Waals surface area contributed by atoms with E-state index in [2.05, 4.69) is 4.74 Å². The first-order valence-corrected chi connectivity index (χ1v) is 5.71. The van der Waals surface area contributed by atoms with Gasteiger partial charge < -0.3 is 10.5 Å². The molecule has 4 heteroatoms. The SMILES string of the molecule is COC(=O)CN(C)C(CCN)c1ccccc1. The van der Waals surface area contributed by atoms with E-state index in [9.17, 15) is 4.79 Å². The number of esters is 1. The zero-order chi connectivity index (χ0) is 12.7. The lowest BCUT2D eigenvalue weighted by atomic mass is 10.0. The molecule has 4 nitrogen and oxygen atoms in total. The van der Waals surface area contributed by atoms with Crippen molar-refractivity contribution in [1.29, 1.82) is 0 Å². The van der Waals surface area contributed by atoms with Crippen LogP contribution in [0.1, 0.15) is 18.0 Å². The van der Waals surface area contributed by atoms with Crippen LogP contribution in [0, 0.1) is 0 Å². The van der Waals surface area contributed by atoms with E-state index in [1.807, 2.05) is 42.3 Å². The van der Waals surface area contributed by atoms with Gasteiger partial charge in [0.2, 0.25) is 0 Å². The number of hydrogen-bond acceptors (Lipinski definition) is 4. The van der Waals surface area contributed by atoms with Gasteiger partial charge in [0.15, 0.2) is 0 Å². The number of nitrogens with zero attached hydrogens (tertiary/aromatic N) is 1. The number of benzene rings is 1. The summed E-state index contributed by atoms with van der Waals surface area (Å²) in [6, 6.07) is 10.2. The minimum absolute atomic E-state index is 0.153. The van der Waals surface area contributed by atoms with Crippen LogP contribution >= 0.6 is 0 Å². The maximum absolute atomic E-state index is 11.3. The molecule has 1 unspecified atom stereocenters. The summed E-state index contributed by atoms with van der Waals surface area (Å²) in [6.07, 6.45) is 0.817. The second kappa shape index (κ2) is 7.04. The van der Waals surface area contributed by atoms with Crippen LogP contribution in [0.5, 0.6) is 0 Å². The van der Waals surface area contributed by atoms with E-state index in [1.165, 1.54) is 12.7 Å². The van der Waals surface area contributed by atoms with Crippen molar-refractivity contribution in [3.05, 3.63) is 35.9 Å². The Morgan fingerprint density at radius 1 is 1.41 bits per heavy atom. The van der Waals surface area contributed by atoms with E-state index in [1.54, 1.807) is 0 Å². The van der Waals surface area contributed by atoms with Crippen molar-refractivity contribution in [2.75, 3.05) is 27.2 Å². The summed E-state index contributed by atoms with van der Waals surface area (Å²) in [4.78, 5) is 13.2. The van der Waals surface area contributed by atoms with Gasteiger partial charge in [-0.05, 0) is 25.6 Å². The van der Waals surface area contributed by atoms with Crippen molar-refractivity contribution in [2.45, 2.75) is 12.5 Å². The highest BCUT2D eigenvalue weighted by Crippen LogP contribution is 2.21. The third-order valence-electron chi connectivity index (χ3n) is 2.76. The van der Waals surface area contributed by atoms with Gasteiger partial charge in [0, 0.05) is 6.04 Å². The quantitative estimate of drug-likeness (QED) is 0.754. The van der Waals surface area contributed by atoms with Crippen LogP contribution < -0.4 is 5.73 Å². The second-order valence-electron chi connectivity index (χ2n) is 4.00. The van der Waals surface area contributed by atoms with Crippen LogP contribution in [0.25, 0.3) is 0 Å². The molecule has 1 aromatic rings. The number of nitrogens with two attached hydrogens (primary N) is 1. The van der Waals surface area contributed by atoms with Gasteiger partial charge in [-0.15, -0.1) is 0 Å². The Balaban J connectivity index is 2.75. The summed E-state index contributed by atoms with van der Waals surface area (Å²) < 4.78 is 4.67. The molecule has 0 amide bonds. The number of carbonyl (C=O) groups is 1. The Morgan fingerprint density at radius 2 is 2.06 bits per heavy atom. The second-order valence-corrected chi connectivity index (χ2v) is 4.00. The van der Waals surface area contributed by atoms with E-state index in [0.29, 0.717) is 6.54 Å². The summed E-state index contributed by atoms with van der Waals surface area (Å²) >= 11 is 0. The first-order valence-electron chi connectivity index (χ1n) is 5.71. The van der Waals surface area contributed by atoms with Gasteiger partial charge in [-0.1, -0.05) is 30.3 Å². The Labute approximate surface area is 102 Å². The molecule has 0 radical (unpaired) electrons. The highest BCUT2D eigenvalue weighted by Gasteiger charge is 2.18. The molecule has 1 atom stereocenters. The maximum Gasteiger partial charge on any atom is 0.319 e. The predicted molar refractivity (Wildman–Crippen MR) is 67.5 cm³/mol. The van der Waals surface area contributed by atoms with Gasteiger partial charge in [-0.3, -0.25) is 9.69 Å². The van der Waals surface area contributed by atoms with Crippen LogP contribution in [0.2, 0.25) is 0 Å². The molecule has 0 aromatic heterocycles. The van der Waals surface area contributed by atoms with Crippen LogP contribution in [0.15, 0.2) is 30.3 Å². The zero-order valence-corrected chi connectivity index (χ0v) is 10.4. The van der Waals surface area contributed by atoms with Gasteiger partial charge >= 0.3 is 5.97 Å². The Bertz CT molecular complexity index is 341. The number of ether oxygens (including phenoxy) is 1. The molecule has 0 saturated carbocycles. The average molecular weight is 236 g/mol. The van der Waals surface area contributed by atoms with E-state index in [4.69, 9.17) is 5.73 Å². The van der Waals surface area contributed by atoms with Crippen molar-refractivity contribution in [1.82, 2.24) is 4.90 Å². The largest absolute Gasteiger partial charge is 0.468 e. The molecule has 0 bridgehead atoms. The fraction of sp³-hybridized carbons (Fsp3) is 0.462. The van der Waals surface area contributed by atoms with Crippen molar-refractivity contribution in [3.8, 4) is 0 Å². The summed E-state index contributed by atoms with van der Waals surface area (Å²) in [5.41, 5.74) is 6.80. The smallest absolute Gasteiger partial charge is 0.319 e. The molecule has 1 rings (SSSR count). The lowest BCUT2D eigenvalue weighted by Gasteiger charge is -2.27. The van der Waals surface area contributed by atoms with Crippen LogP contribution in [-0.4, -0.2) is 38.1 Å². The topological polar surface area (TPSA) is 55.6 Å². The molecule has 1 aromatic carbocycles. The lowest BCUT2D eigenvalue weighted by molar-refractivity contribution is -0.142. The van der Waals surface area contributed by atoms with Gasteiger partial charge in [0.05, 0.1) is 13.7 Å². The first kappa shape index (κ1) is 13.7. The van der Waals surface area contributed by atoms with E-state index in [-0.39, 0.29) is 18.6 Å². The van der Waals surface area contributed by atoms with Crippen LogP contribution in [0.4, 0.5) is 0 Å². The molecule has 0 aliphatic carbocycles. The predicted octanol–water partition coefficient (Wildman–Crippen LogP) is 1.18. The third-order valence-corrected chi connectivity index (χ3v) is 2.76. The number of rotatable bonds is 6. The van der Waals surface area contributed by atoms with Gasteiger partial charge in [-0.2, -0.15) is 0 Å². The van der Waals surface area contributed by atoms with Gasteiger partial charge in [0.25, 0.3) is 0 Å². The van der Waals surface area contributed by atoms with Crippen molar-refractivity contribution >= 4 is 5.97 Å². The zero-order valence-electron chi connectivity index (χ0n) is 10.4. The van der Waals surface area contributed by atoms with E-state index < -0.39 is 0 Å². The molecule has 2 N–H and O–H groups in total. The molecule has 0 heterocycles. The van der Waals surface area contributed by atoms with E-state index in [0.717, 1.165) is 6.42 Å². The van der Waals surface area contributed by atoms with Crippen LogP contribution in [0.3, 0.4) is 0 Å². The number of carbonyl (C=O) groups excluding carboxylic acids is 1. The normalized spacial score (nSPS) is 12.5. The van der Waals surface area contributed by atoms with Crippen molar-refractivity contribution in [2.24, 2.45) is 5.73 Å². The minimum Gasteiger partial charge on any atom is -0.468 e. The summed E-state index contributed by atoms with van der Waals surface area (Å²) in [7, 11) is 3.31. The molecule has 0 saturated heterocycles. The maximum atomic E-state index is 11.3. The Kier molecular flexibility index (Phi) is 5.66. The average Bonchev–Trinajstić information content (AvgIpc) is 2.36. The van der Waals surface area contributed by atoms with Crippen molar-refractivity contribution < 1.29 is 9.53 Å². The molecule has 0 aliphatic heterocycles. The van der Waals surface area contributed by atoms with Crippen molar-refractivity contribution in [3.63, 3.8) is 0 Å². The number of methoxy groups -OCH3 is 1. The molecule has 94 valence electrons. The molecule has 0 fully saturated rings. The molecule has 17 heavy (non-hydrogen) atoms. The Morgan fingerprint density at radius 3 is 2.59 bits per heavy atom. The molecular weight excluding hydrogens is 216 g/mol. The fourth-order valence-electron chi connectivity index (χ4n) is 1.85. The first-order chi connectivity index (χ1) is 8.19. The minimum atomic E-state index is -0.231. The van der Waals surface area contributed by atoms with Crippen LogP contribution in [-0.2, 0) is 9.53 Å². The summed E-state index contributed by atoms with van der Waals surface area (Å²) in [6.45, 7) is 0.862. The monoisotopic (exact) mass is 236 g/mol.